The first-order valence-corrected chi connectivity index (χ1v) is 8.72. The molecule has 23 heavy (non-hydrogen) atoms. The monoisotopic (exact) mass is 322 g/mol. The van der Waals surface area contributed by atoms with Gasteiger partial charge in [-0.25, -0.2) is 0 Å². The van der Waals surface area contributed by atoms with Crippen molar-refractivity contribution in [2.45, 2.75) is 26.7 Å². The van der Waals surface area contributed by atoms with E-state index in [1.54, 1.807) is 6.08 Å². The maximum atomic E-state index is 11.5. The highest BCUT2D eigenvalue weighted by atomic mass is 16.2. The van der Waals surface area contributed by atoms with Crippen LogP contribution >= 0.6 is 0 Å². The normalized spacial score (nSPS) is 21.1. The quantitative estimate of drug-likeness (QED) is 0.714. The van der Waals surface area contributed by atoms with Crippen LogP contribution in [0.3, 0.4) is 0 Å². The third kappa shape index (κ3) is 6.31. The minimum absolute atomic E-state index is 0.150. The molecular formula is C17H30N4O2. The fourth-order valence-corrected chi connectivity index (χ4v) is 2.70. The van der Waals surface area contributed by atoms with Crippen LogP contribution in [-0.2, 0) is 9.59 Å². The molecule has 6 nitrogen and oxygen atoms in total. The van der Waals surface area contributed by atoms with Crippen molar-refractivity contribution in [2.24, 2.45) is 5.92 Å². The smallest absolute Gasteiger partial charge is 0.246 e. The first-order chi connectivity index (χ1) is 11.1. The lowest BCUT2D eigenvalue weighted by Gasteiger charge is -2.27. The van der Waals surface area contributed by atoms with Gasteiger partial charge < -0.3 is 20.4 Å². The first-order valence-electron chi connectivity index (χ1n) is 8.72. The summed E-state index contributed by atoms with van der Waals surface area (Å²) in [6.07, 6.45) is 3.96. The summed E-state index contributed by atoms with van der Waals surface area (Å²) < 4.78 is 0. The van der Waals surface area contributed by atoms with Gasteiger partial charge in [-0.2, -0.15) is 0 Å². The molecule has 0 aromatic carbocycles. The molecule has 2 heterocycles. The SMILES string of the molecule is CC(C)=CC(=O)N1CCNCC1.O=C(C1CC1)N1CCNCC1. The van der Waals surface area contributed by atoms with E-state index in [4.69, 9.17) is 0 Å². The molecule has 3 rings (SSSR count). The van der Waals surface area contributed by atoms with Crippen molar-refractivity contribution >= 4 is 11.8 Å². The van der Waals surface area contributed by atoms with Gasteiger partial charge in [0.1, 0.15) is 0 Å². The molecule has 0 radical (unpaired) electrons. The predicted molar refractivity (Wildman–Crippen MR) is 91.1 cm³/mol. The zero-order valence-electron chi connectivity index (χ0n) is 14.4. The van der Waals surface area contributed by atoms with Crippen LogP contribution in [0.5, 0.6) is 0 Å². The summed E-state index contributed by atoms with van der Waals surface area (Å²) in [6, 6.07) is 0. The highest BCUT2D eigenvalue weighted by Gasteiger charge is 2.33. The van der Waals surface area contributed by atoms with E-state index in [2.05, 4.69) is 10.6 Å². The molecule has 130 valence electrons. The molecular weight excluding hydrogens is 292 g/mol. The summed E-state index contributed by atoms with van der Waals surface area (Å²) in [7, 11) is 0. The Morgan fingerprint density at radius 3 is 1.78 bits per heavy atom. The maximum absolute atomic E-state index is 11.5. The van der Waals surface area contributed by atoms with Crippen LogP contribution in [0.1, 0.15) is 26.7 Å². The molecule has 3 fully saturated rings. The second-order valence-electron chi connectivity index (χ2n) is 6.65. The van der Waals surface area contributed by atoms with Crippen molar-refractivity contribution < 1.29 is 9.59 Å². The second kappa shape index (κ2) is 9.03. The molecule has 0 atom stereocenters. The van der Waals surface area contributed by atoms with Crippen LogP contribution < -0.4 is 10.6 Å². The minimum Gasteiger partial charge on any atom is -0.340 e. The van der Waals surface area contributed by atoms with E-state index in [0.717, 1.165) is 70.8 Å². The highest BCUT2D eigenvalue weighted by molar-refractivity contribution is 5.88. The van der Waals surface area contributed by atoms with E-state index in [0.29, 0.717) is 11.8 Å². The number of hydrogen-bond acceptors (Lipinski definition) is 4. The van der Waals surface area contributed by atoms with Crippen LogP contribution in [-0.4, -0.2) is 74.0 Å². The fourth-order valence-electron chi connectivity index (χ4n) is 2.70. The average Bonchev–Trinajstić information content (AvgIpc) is 3.41. The molecule has 2 saturated heterocycles. The van der Waals surface area contributed by atoms with Gasteiger partial charge in [-0.1, -0.05) is 5.57 Å². The zero-order chi connectivity index (χ0) is 16.7. The third-order valence-electron chi connectivity index (χ3n) is 4.20. The lowest BCUT2D eigenvalue weighted by atomic mass is 10.3. The Kier molecular flexibility index (Phi) is 7.05. The molecule has 2 aliphatic heterocycles. The third-order valence-corrected chi connectivity index (χ3v) is 4.20. The molecule has 2 N–H and O–H groups in total. The number of carbonyl (C=O) groups excluding carboxylic acids is 2. The van der Waals surface area contributed by atoms with Gasteiger partial charge >= 0.3 is 0 Å². The maximum Gasteiger partial charge on any atom is 0.246 e. The van der Waals surface area contributed by atoms with Gasteiger partial charge in [0.25, 0.3) is 0 Å². The number of allylic oxidation sites excluding steroid dienone is 1. The van der Waals surface area contributed by atoms with Gasteiger partial charge in [0.05, 0.1) is 0 Å². The number of amides is 2. The summed E-state index contributed by atoms with van der Waals surface area (Å²) in [6.45, 7) is 11.2. The summed E-state index contributed by atoms with van der Waals surface area (Å²) in [5.41, 5.74) is 1.07. The summed E-state index contributed by atoms with van der Waals surface area (Å²) >= 11 is 0. The summed E-state index contributed by atoms with van der Waals surface area (Å²) in [5, 5.41) is 6.44. The topological polar surface area (TPSA) is 64.7 Å². The number of hydrogen-bond donors (Lipinski definition) is 2. The molecule has 1 saturated carbocycles. The van der Waals surface area contributed by atoms with Gasteiger partial charge in [0, 0.05) is 64.4 Å². The van der Waals surface area contributed by atoms with Gasteiger partial charge in [-0.3, -0.25) is 9.59 Å². The predicted octanol–water partition coefficient (Wildman–Crippen LogP) is 0.213. The minimum atomic E-state index is 0.150. The van der Waals surface area contributed by atoms with Crippen LogP contribution in [0, 0.1) is 5.92 Å². The van der Waals surface area contributed by atoms with Gasteiger partial charge in [-0.15, -0.1) is 0 Å². The average molecular weight is 322 g/mol. The second-order valence-corrected chi connectivity index (χ2v) is 6.65. The molecule has 0 aromatic heterocycles. The van der Waals surface area contributed by atoms with E-state index in [1.165, 1.54) is 0 Å². The van der Waals surface area contributed by atoms with Crippen LogP contribution in [0.4, 0.5) is 0 Å². The Morgan fingerprint density at radius 1 is 0.870 bits per heavy atom. The number of rotatable bonds is 2. The van der Waals surface area contributed by atoms with Crippen molar-refractivity contribution in [1.82, 2.24) is 20.4 Å². The number of piperazine rings is 2. The molecule has 1 aliphatic carbocycles. The summed E-state index contributed by atoms with van der Waals surface area (Å²) in [5.74, 6) is 0.941. The lowest BCUT2D eigenvalue weighted by molar-refractivity contribution is -0.133. The lowest BCUT2D eigenvalue weighted by Crippen LogP contribution is -2.46. The van der Waals surface area contributed by atoms with Crippen molar-refractivity contribution in [2.75, 3.05) is 52.4 Å². The number of carbonyl (C=O) groups is 2. The standard InChI is InChI=1S/C9H16N2O.C8H14N2O/c1-8(2)7-9(12)11-5-3-10-4-6-11;11-8(7-1-2-7)10-5-3-9-4-6-10/h7,10H,3-6H2,1-2H3;7,9H,1-6H2. The number of nitrogens with one attached hydrogen (secondary N) is 2. The zero-order valence-corrected chi connectivity index (χ0v) is 14.4. The number of nitrogens with zero attached hydrogens (tertiary/aromatic N) is 2. The van der Waals surface area contributed by atoms with E-state index in [9.17, 15) is 9.59 Å². The van der Waals surface area contributed by atoms with Crippen molar-refractivity contribution in [3.8, 4) is 0 Å². The molecule has 6 heteroatoms. The highest BCUT2D eigenvalue weighted by Crippen LogP contribution is 2.30. The van der Waals surface area contributed by atoms with Gasteiger partial charge in [0.15, 0.2) is 0 Å². The van der Waals surface area contributed by atoms with Crippen molar-refractivity contribution in [3.05, 3.63) is 11.6 Å². The van der Waals surface area contributed by atoms with Gasteiger partial charge in [0.2, 0.25) is 11.8 Å². The van der Waals surface area contributed by atoms with Crippen LogP contribution in [0.15, 0.2) is 11.6 Å². The summed E-state index contributed by atoms with van der Waals surface area (Å²) in [4.78, 5) is 26.8. The van der Waals surface area contributed by atoms with E-state index in [-0.39, 0.29) is 5.91 Å². The fraction of sp³-hybridized carbons (Fsp3) is 0.765. The van der Waals surface area contributed by atoms with Crippen LogP contribution in [0.25, 0.3) is 0 Å². The Morgan fingerprint density at radius 2 is 1.35 bits per heavy atom. The first kappa shape index (κ1) is 17.9. The van der Waals surface area contributed by atoms with E-state index in [1.807, 2.05) is 23.6 Å². The Bertz CT molecular complexity index is 430. The van der Waals surface area contributed by atoms with Gasteiger partial charge in [-0.05, 0) is 26.7 Å². The van der Waals surface area contributed by atoms with E-state index >= 15 is 0 Å². The molecule has 0 bridgehead atoms. The largest absolute Gasteiger partial charge is 0.340 e. The van der Waals surface area contributed by atoms with E-state index < -0.39 is 0 Å². The Hall–Kier alpha value is -1.40. The molecule has 0 spiro atoms. The molecule has 0 unspecified atom stereocenters. The Labute approximate surface area is 139 Å². The van der Waals surface area contributed by atoms with Crippen LogP contribution in [0.2, 0.25) is 0 Å². The molecule has 0 aromatic rings. The van der Waals surface area contributed by atoms with Crippen molar-refractivity contribution in [1.29, 1.82) is 0 Å². The molecule has 2 amide bonds. The Balaban J connectivity index is 0.000000167. The van der Waals surface area contributed by atoms with Crippen molar-refractivity contribution in [3.63, 3.8) is 0 Å². The molecule has 3 aliphatic rings.